The molecule has 0 rings (SSSR count). The summed E-state index contributed by atoms with van der Waals surface area (Å²) >= 11 is 9.67. The number of carboxylic acid groups (broad SMARTS) is 1. The summed E-state index contributed by atoms with van der Waals surface area (Å²) in [6, 6.07) is 0. The van der Waals surface area contributed by atoms with Crippen LogP contribution in [0, 0.1) is 0 Å². The Kier molecular flexibility index (Phi) is 8.68. The molecular formula is C2H3Cl2NaO3. The van der Waals surface area contributed by atoms with Crippen molar-refractivity contribution in [1.29, 1.82) is 0 Å². The summed E-state index contributed by atoms with van der Waals surface area (Å²) in [5.74, 6) is 0. The predicted octanol–water partition coefficient (Wildman–Crippen LogP) is 0.794. The molecule has 0 saturated carbocycles. The van der Waals surface area contributed by atoms with E-state index in [1.54, 1.807) is 0 Å². The Labute approximate surface area is 78.2 Å². The van der Waals surface area contributed by atoms with Gasteiger partial charge in [-0.2, -0.15) is 0 Å². The summed E-state index contributed by atoms with van der Waals surface area (Å²) in [4.78, 5) is 9.42. The zero-order valence-electron chi connectivity index (χ0n) is 3.10. The molecule has 0 unspecified atom stereocenters. The van der Waals surface area contributed by atoms with Crippen LogP contribution >= 0.6 is 23.2 Å². The van der Waals surface area contributed by atoms with Gasteiger partial charge in [0.2, 0.25) is 0 Å². The first kappa shape index (κ1) is 11.6. The third-order valence-corrected chi connectivity index (χ3v) is 0.368. The standard InChI is InChI=1S/C2H2Cl2O3.Na.H/c3-1(4)7-2(5)6;;/h1H,(H,5,6);;. The fraction of sp³-hybridized carbons (Fsp3) is 0.500. The monoisotopic (exact) mass is 168 g/mol. The van der Waals surface area contributed by atoms with Crippen LogP contribution < -0.4 is 0 Å². The minimum atomic E-state index is -1.48. The van der Waals surface area contributed by atoms with Gasteiger partial charge in [-0.15, -0.1) is 0 Å². The van der Waals surface area contributed by atoms with E-state index in [0.717, 1.165) is 0 Å². The summed E-state index contributed by atoms with van der Waals surface area (Å²) in [7, 11) is 0. The second kappa shape index (κ2) is 5.98. The third-order valence-electron chi connectivity index (χ3n) is 0.190. The van der Waals surface area contributed by atoms with Crippen molar-refractivity contribution in [3.63, 3.8) is 0 Å². The maximum atomic E-state index is 9.42. The van der Waals surface area contributed by atoms with E-state index >= 15 is 0 Å². The van der Waals surface area contributed by atoms with E-state index in [1.165, 1.54) is 0 Å². The second-order valence-electron chi connectivity index (χ2n) is 0.644. The van der Waals surface area contributed by atoms with Crippen molar-refractivity contribution in [3.05, 3.63) is 0 Å². The fourth-order valence-corrected chi connectivity index (χ4v) is 0.229. The number of ether oxygens (including phenoxy) is 1. The van der Waals surface area contributed by atoms with Crippen LogP contribution in [0.3, 0.4) is 0 Å². The molecule has 0 aromatic carbocycles. The van der Waals surface area contributed by atoms with Gasteiger partial charge in [-0.1, -0.05) is 23.2 Å². The van der Waals surface area contributed by atoms with Crippen molar-refractivity contribution < 1.29 is 14.6 Å². The topological polar surface area (TPSA) is 46.5 Å². The van der Waals surface area contributed by atoms with Gasteiger partial charge in [0, 0.05) is 0 Å². The van der Waals surface area contributed by atoms with Gasteiger partial charge in [0.05, 0.1) is 0 Å². The van der Waals surface area contributed by atoms with Crippen LogP contribution in [0.4, 0.5) is 4.79 Å². The summed E-state index contributed by atoms with van der Waals surface area (Å²) < 4.78 is 3.70. The van der Waals surface area contributed by atoms with Crippen molar-refractivity contribution in [1.82, 2.24) is 0 Å². The zero-order valence-corrected chi connectivity index (χ0v) is 4.61. The Morgan fingerprint density at radius 1 is 1.62 bits per heavy atom. The number of halogens is 2. The van der Waals surface area contributed by atoms with Gasteiger partial charge < -0.3 is 9.84 Å². The van der Waals surface area contributed by atoms with Gasteiger partial charge >= 0.3 is 35.7 Å². The number of alkyl halides is 2. The molecule has 0 radical (unpaired) electrons. The molecule has 0 aromatic rings. The van der Waals surface area contributed by atoms with Gasteiger partial charge in [-0.05, 0) is 0 Å². The second-order valence-corrected chi connectivity index (χ2v) is 1.66. The molecule has 0 fully saturated rings. The molecule has 0 aliphatic carbocycles. The summed E-state index contributed by atoms with van der Waals surface area (Å²) in [6.07, 6.45) is -1.48. The number of rotatable bonds is 1. The number of hydrogen-bond acceptors (Lipinski definition) is 2. The van der Waals surface area contributed by atoms with Crippen LogP contribution in [-0.2, 0) is 4.74 Å². The van der Waals surface area contributed by atoms with Gasteiger partial charge in [0.15, 0.2) is 0 Å². The van der Waals surface area contributed by atoms with Crippen LogP contribution in [0.1, 0.15) is 0 Å². The van der Waals surface area contributed by atoms with Gasteiger partial charge in [-0.3, -0.25) is 0 Å². The van der Waals surface area contributed by atoms with Crippen LogP contribution in [0.25, 0.3) is 0 Å². The molecule has 0 spiro atoms. The molecule has 8 heavy (non-hydrogen) atoms. The molecule has 0 saturated heterocycles. The molecule has 0 atom stereocenters. The quantitative estimate of drug-likeness (QED) is 0.358. The molecule has 0 aliphatic heterocycles. The third kappa shape index (κ3) is 9.97. The van der Waals surface area contributed by atoms with Crippen LogP contribution in [0.15, 0.2) is 0 Å². The molecule has 0 bridgehead atoms. The first-order chi connectivity index (χ1) is 3.13. The van der Waals surface area contributed by atoms with Gasteiger partial charge in [-0.25, -0.2) is 4.79 Å². The molecule has 0 aliphatic rings. The molecule has 44 valence electrons. The fourth-order valence-electron chi connectivity index (χ4n) is 0.0762. The average molecular weight is 169 g/mol. The van der Waals surface area contributed by atoms with Crippen LogP contribution in [0.5, 0.6) is 0 Å². The van der Waals surface area contributed by atoms with Crippen molar-refractivity contribution in [3.8, 4) is 0 Å². The van der Waals surface area contributed by atoms with E-state index in [4.69, 9.17) is 28.3 Å². The first-order valence-electron chi connectivity index (χ1n) is 1.30. The predicted molar refractivity (Wildman–Crippen MR) is 31.8 cm³/mol. The van der Waals surface area contributed by atoms with E-state index in [2.05, 4.69) is 4.74 Å². The van der Waals surface area contributed by atoms with Gasteiger partial charge in [0.25, 0.3) is 5.02 Å². The molecule has 3 nitrogen and oxygen atoms in total. The molecule has 0 heterocycles. The SMILES string of the molecule is O=C(O)OC(Cl)Cl.[NaH]. The number of carbonyl (C=O) groups is 1. The van der Waals surface area contributed by atoms with E-state index in [0.29, 0.717) is 0 Å². The van der Waals surface area contributed by atoms with Crippen molar-refractivity contribution in [2.75, 3.05) is 0 Å². The molecule has 0 aromatic heterocycles. The van der Waals surface area contributed by atoms with Crippen molar-refractivity contribution in [2.45, 2.75) is 5.02 Å². The van der Waals surface area contributed by atoms with Crippen molar-refractivity contribution in [2.24, 2.45) is 0 Å². The Hall–Kier alpha value is 0.850. The van der Waals surface area contributed by atoms with Gasteiger partial charge in [0.1, 0.15) is 0 Å². The molecule has 0 amide bonds. The van der Waals surface area contributed by atoms with Crippen LogP contribution in [0.2, 0.25) is 0 Å². The Morgan fingerprint density at radius 2 is 2.00 bits per heavy atom. The summed E-state index contributed by atoms with van der Waals surface area (Å²) in [5, 5.41) is 6.41. The summed E-state index contributed by atoms with van der Waals surface area (Å²) in [5.41, 5.74) is 0. The Balaban J connectivity index is 0. The minimum absolute atomic E-state index is 0. The van der Waals surface area contributed by atoms with E-state index in [9.17, 15) is 4.79 Å². The zero-order chi connectivity index (χ0) is 5.86. The van der Waals surface area contributed by atoms with Crippen LogP contribution in [-0.4, -0.2) is 45.8 Å². The van der Waals surface area contributed by atoms with E-state index in [1.807, 2.05) is 0 Å². The molecule has 6 heteroatoms. The molecule has 1 N–H and O–H groups in total. The van der Waals surface area contributed by atoms with E-state index in [-0.39, 0.29) is 29.6 Å². The normalized spacial score (nSPS) is 7.88. The Bertz CT molecular complexity index is 75.7. The van der Waals surface area contributed by atoms with E-state index < -0.39 is 11.2 Å². The maximum absolute atomic E-state index is 9.42. The van der Waals surface area contributed by atoms with Crippen molar-refractivity contribution >= 4 is 58.9 Å². The summed E-state index contributed by atoms with van der Waals surface area (Å²) in [6.45, 7) is 0. The molecular weight excluding hydrogens is 166 g/mol. The average Bonchev–Trinajstić information content (AvgIpc) is 1.27. The number of hydrogen-bond donors (Lipinski definition) is 1. The Morgan fingerprint density at radius 3 is 2.00 bits per heavy atom. The first-order valence-corrected chi connectivity index (χ1v) is 2.18.